The average Bonchev–Trinajstić information content (AvgIpc) is 3.21. The summed E-state index contributed by atoms with van der Waals surface area (Å²) in [5.74, 6) is 1.94. The highest BCUT2D eigenvalue weighted by atomic mass is 32.2. The number of nitrogens with one attached hydrogen (secondary N) is 2. The molecule has 3 rings (SSSR count). The standard InChI is InChI=1S/C20H35N5O2S2/c1-3-21-20(22-8-10-25-11-14-29(26,27)15-12-25)23-16-17-6-4-9-24(2)19(17)18-7-5-13-28-18/h5,7,13,17,19H,3-4,6,8-12,14-16H2,1-2H3,(H2,21,22,23). The Hall–Kier alpha value is -1.16. The third kappa shape index (κ3) is 6.67. The Morgan fingerprint density at radius 2 is 2.07 bits per heavy atom. The van der Waals surface area contributed by atoms with Crippen molar-refractivity contribution in [3.05, 3.63) is 22.4 Å². The Kier molecular flexibility index (Phi) is 8.35. The molecule has 3 heterocycles. The fourth-order valence-corrected chi connectivity index (χ4v) is 6.48. The van der Waals surface area contributed by atoms with Gasteiger partial charge in [-0.1, -0.05) is 6.07 Å². The Morgan fingerprint density at radius 3 is 2.76 bits per heavy atom. The van der Waals surface area contributed by atoms with Crippen LogP contribution in [0.1, 0.15) is 30.7 Å². The Morgan fingerprint density at radius 1 is 1.28 bits per heavy atom. The highest BCUT2D eigenvalue weighted by Crippen LogP contribution is 2.37. The fraction of sp³-hybridized carbons (Fsp3) is 0.750. The SMILES string of the molecule is CCNC(=NCC1CCCN(C)C1c1cccs1)NCCN1CCS(=O)(=O)CC1. The minimum Gasteiger partial charge on any atom is -0.357 e. The fourth-order valence-electron chi connectivity index (χ4n) is 4.22. The van der Waals surface area contributed by atoms with Crippen LogP contribution in [-0.2, 0) is 9.84 Å². The maximum atomic E-state index is 11.6. The summed E-state index contributed by atoms with van der Waals surface area (Å²) in [5.41, 5.74) is 0. The molecule has 2 aliphatic rings. The van der Waals surface area contributed by atoms with Gasteiger partial charge in [0.05, 0.1) is 11.5 Å². The number of thiophene rings is 1. The number of sulfone groups is 1. The van der Waals surface area contributed by atoms with Gasteiger partial charge in [-0.2, -0.15) is 0 Å². The molecular formula is C20H35N5O2S2. The highest BCUT2D eigenvalue weighted by Gasteiger charge is 2.31. The van der Waals surface area contributed by atoms with E-state index in [1.165, 1.54) is 17.7 Å². The van der Waals surface area contributed by atoms with Crippen LogP contribution in [0.5, 0.6) is 0 Å². The molecule has 1 aromatic heterocycles. The Balaban J connectivity index is 1.52. The summed E-state index contributed by atoms with van der Waals surface area (Å²) in [6, 6.07) is 4.83. The summed E-state index contributed by atoms with van der Waals surface area (Å²) in [5, 5.41) is 8.94. The first-order valence-electron chi connectivity index (χ1n) is 10.7. The number of likely N-dealkylation sites (tertiary alicyclic amines) is 1. The van der Waals surface area contributed by atoms with Gasteiger partial charge >= 0.3 is 0 Å². The largest absolute Gasteiger partial charge is 0.357 e. The molecule has 0 aliphatic carbocycles. The topological polar surface area (TPSA) is 77.0 Å². The second-order valence-corrected chi connectivity index (χ2v) is 11.3. The number of hydrogen-bond donors (Lipinski definition) is 2. The summed E-state index contributed by atoms with van der Waals surface area (Å²) in [7, 11) is -0.592. The molecule has 2 saturated heterocycles. The number of guanidine groups is 1. The monoisotopic (exact) mass is 441 g/mol. The molecule has 0 radical (unpaired) electrons. The molecule has 2 atom stereocenters. The van der Waals surface area contributed by atoms with Crippen molar-refractivity contribution >= 4 is 27.1 Å². The number of nitrogens with zero attached hydrogens (tertiary/aromatic N) is 3. The van der Waals surface area contributed by atoms with Crippen LogP contribution >= 0.6 is 11.3 Å². The molecule has 0 amide bonds. The van der Waals surface area contributed by atoms with Gasteiger partial charge in [0, 0.05) is 50.2 Å². The summed E-state index contributed by atoms with van der Waals surface area (Å²) in [6.07, 6.45) is 2.43. The van der Waals surface area contributed by atoms with Crippen LogP contribution in [0.2, 0.25) is 0 Å². The van der Waals surface area contributed by atoms with E-state index in [4.69, 9.17) is 4.99 Å². The average molecular weight is 442 g/mol. The third-order valence-electron chi connectivity index (χ3n) is 5.83. The number of hydrogen-bond acceptors (Lipinski definition) is 6. The molecule has 2 aliphatic heterocycles. The molecule has 7 nitrogen and oxygen atoms in total. The molecular weight excluding hydrogens is 406 g/mol. The van der Waals surface area contributed by atoms with Gasteiger partial charge in [-0.05, 0) is 50.7 Å². The van der Waals surface area contributed by atoms with Crippen LogP contribution in [0.3, 0.4) is 0 Å². The first kappa shape index (κ1) is 22.5. The van der Waals surface area contributed by atoms with Crippen molar-refractivity contribution in [1.29, 1.82) is 0 Å². The van der Waals surface area contributed by atoms with E-state index in [1.54, 1.807) is 0 Å². The second kappa shape index (κ2) is 10.7. The van der Waals surface area contributed by atoms with Crippen LogP contribution in [-0.4, -0.2) is 88.5 Å². The number of rotatable bonds is 7. The molecule has 2 unspecified atom stereocenters. The molecule has 2 N–H and O–H groups in total. The van der Waals surface area contributed by atoms with Gasteiger partial charge in [0.2, 0.25) is 0 Å². The van der Waals surface area contributed by atoms with Crippen molar-refractivity contribution in [2.45, 2.75) is 25.8 Å². The second-order valence-electron chi connectivity index (χ2n) is 7.98. The Labute approximate surface area is 179 Å². The Bertz CT molecular complexity index is 737. The highest BCUT2D eigenvalue weighted by molar-refractivity contribution is 7.91. The lowest BCUT2D eigenvalue weighted by Crippen LogP contribution is -2.46. The van der Waals surface area contributed by atoms with Crippen LogP contribution in [0.15, 0.2) is 22.5 Å². The van der Waals surface area contributed by atoms with Gasteiger partial charge in [0.1, 0.15) is 0 Å². The first-order chi connectivity index (χ1) is 14.0. The zero-order chi connectivity index (χ0) is 20.7. The number of piperidine rings is 1. The van der Waals surface area contributed by atoms with E-state index in [9.17, 15) is 8.42 Å². The smallest absolute Gasteiger partial charge is 0.191 e. The van der Waals surface area contributed by atoms with Crippen molar-refractivity contribution in [3.63, 3.8) is 0 Å². The molecule has 29 heavy (non-hydrogen) atoms. The molecule has 0 aromatic carbocycles. The summed E-state index contributed by atoms with van der Waals surface area (Å²) in [4.78, 5) is 11.0. The predicted octanol–water partition coefficient (Wildman–Crippen LogP) is 1.42. The van der Waals surface area contributed by atoms with E-state index in [-0.39, 0.29) is 11.5 Å². The van der Waals surface area contributed by atoms with Gasteiger partial charge in [-0.25, -0.2) is 8.42 Å². The summed E-state index contributed by atoms with van der Waals surface area (Å²) >= 11 is 1.84. The molecule has 164 valence electrons. The van der Waals surface area contributed by atoms with Crippen molar-refractivity contribution in [2.75, 3.05) is 64.4 Å². The van der Waals surface area contributed by atoms with Crippen molar-refractivity contribution in [3.8, 4) is 0 Å². The van der Waals surface area contributed by atoms with E-state index in [0.29, 0.717) is 25.0 Å². The zero-order valence-electron chi connectivity index (χ0n) is 17.6. The molecule has 0 saturated carbocycles. The third-order valence-corrected chi connectivity index (χ3v) is 8.38. The normalized spacial score (nSPS) is 26.3. The quantitative estimate of drug-likeness (QED) is 0.492. The molecule has 9 heteroatoms. The van der Waals surface area contributed by atoms with Gasteiger partial charge < -0.3 is 10.6 Å². The van der Waals surface area contributed by atoms with Crippen molar-refractivity contribution < 1.29 is 8.42 Å². The van der Waals surface area contributed by atoms with E-state index < -0.39 is 9.84 Å². The van der Waals surface area contributed by atoms with Gasteiger partial charge in [-0.15, -0.1) is 11.3 Å². The van der Waals surface area contributed by atoms with Gasteiger partial charge in [0.25, 0.3) is 0 Å². The summed E-state index contributed by atoms with van der Waals surface area (Å²) < 4.78 is 23.1. The predicted molar refractivity (Wildman–Crippen MR) is 121 cm³/mol. The molecule has 1 aromatic rings. The van der Waals surface area contributed by atoms with E-state index in [1.807, 2.05) is 11.3 Å². The lowest BCUT2D eigenvalue weighted by molar-refractivity contribution is 0.128. The minimum atomic E-state index is -2.82. The van der Waals surface area contributed by atoms with E-state index >= 15 is 0 Å². The molecule has 0 bridgehead atoms. The van der Waals surface area contributed by atoms with Crippen LogP contribution < -0.4 is 10.6 Å². The zero-order valence-corrected chi connectivity index (χ0v) is 19.3. The number of aliphatic imine (C=N–C) groups is 1. The van der Waals surface area contributed by atoms with Gasteiger partial charge in [0.15, 0.2) is 15.8 Å². The lowest BCUT2D eigenvalue weighted by Gasteiger charge is -2.38. The minimum absolute atomic E-state index is 0.278. The maximum absolute atomic E-state index is 11.6. The van der Waals surface area contributed by atoms with E-state index in [2.05, 4.69) is 51.9 Å². The van der Waals surface area contributed by atoms with E-state index in [0.717, 1.165) is 38.7 Å². The maximum Gasteiger partial charge on any atom is 0.191 e. The van der Waals surface area contributed by atoms with Crippen LogP contribution in [0.25, 0.3) is 0 Å². The van der Waals surface area contributed by atoms with Gasteiger partial charge in [-0.3, -0.25) is 14.8 Å². The summed E-state index contributed by atoms with van der Waals surface area (Å²) in [6.45, 7) is 7.73. The van der Waals surface area contributed by atoms with Crippen molar-refractivity contribution in [1.82, 2.24) is 20.4 Å². The van der Waals surface area contributed by atoms with Crippen LogP contribution in [0, 0.1) is 5.92 Å². The lowest BCUT2D eigenvalue weighted by atomic mass is 9.88. The van der Waals surface area contributed by atoms with Crippen LogP contribution in [0.4, 0.5) is 0 Å². The van der Waals surface area contributed by atoms with Crippen molar-refractivity contribution in [2.24, 2.45) is 10.9 Å². The molecule has 0 spiro atoms. The molecule has 2 fully saturated rings. The first-order valence-corrected chi connectivity index (χ1v) is 13.4.